The zero-order valence-electron chi connectivity index (χ0n) is 10.9. The number of amides is 1. The number of carbonyl (C=O) groups is 1. The minimum absolute atomic E-state index is 0.245. The Bertz CT molecular complexity index is 677. The second-order valence-electron chi connectivity index (χ2n) is 4.89. The molecular weight excluding hydrogens is 322 g/mol. The molecule has 1 aliphatic rings. The number of nitrogens with zero attached hydrogens (tertiary/aromatic N) is 2. The average Bonchev–Trinajstić information content (AvgIpc) is 3.16. The van der Waals surface area contributed by atoms with Gasteiger partial charge < -0.3 is 11.1 Å². The predicted molar refractivity (Wildman–Crippen MR) is 79.6 cm³/mol. The maximum atomic E-state index is 12.2. The third kappa shape index (κ3) is 2.40. The minimum Gasteiger partial charge on any atom is -0.395 e. The van der Waals surface area contributed by atoms with Gasteiger partial charge in [0.1, 0.15) is 4.60 Å². The highest BCUT2D eigenvalue weighted by Crippen LogP contribution is 2.42. The number of carbonyl (C=O) groups excluding carboxylic acids is 1. The molecule has 2 heterocycles. The van der Waals surface area contributed by atoms with Crippen molar-refractivity contribution in [3.05, 3.63) is 33.8 Å². The number of rotatable bonds is 3. The molecule has 6 nitrogen and oxygen atoms in total. The number of nitrogens with one attached hydrogen (secondary N) is 2. The van der Waals surface area contributed by atoms with Crippen molar-refractivity contribution in [2.24, 2.45) is 0 Å². The summed E-state index contributed by atoms with van der Waals surface area (Å²) in [6.45, 7) is 1.82. The van der Waals surface area contributed by atoms with E-state index in [1.54, 1.807) is 12.1 Å². The Balaban J connectivity index is 1.82. The highest BCUT2D eigenvalue weighted by molar-refractivity contribution is 9.10. The van der Waals surface area contributed by atoms with Gasteiger partial charge in [0.2, 0.25) is 0 Å². The minimum atomic E-state index is -0.321. The van der Waals surface area contributed by atoms with Crippen LogP contribution in [0.5, 0.6) is 0 Å². The van der Waals surface area contributed by atoms with Gasteiger partial charge in [-0.25, -0.2) is 4.98 Å². The Hall–Kier alpha value is -1.89. The van der Waals surface area contributed by atoms with Crippen LogP contribution in [0, 0.1) is 6.92 Å². The number of hydrogen-bond donors (Lipinski definition) is 3. The molecule has 0 saturated heterocycles. The smallest absolute Gasteiger partial charge is 0.278 e. The highest BCUT2D eigenvalue weighted by atomic mass is 79.9. The van der Waals surface area contributed by atoms with Crippen LogP contribution in [0.15, 0.2) is 16.7 Å². The molecule has 20 heavy (non-hydrogen) atoms. The lowest BCUT2D eigenvalue weighted by atomic mass is 10.2. The molecule has 2 aromatic heterocycles. The van der Waals surface area contributed by atoms with Crippen LogP contribution >= 0.6 is 15.9 Å². The van der Waals surface area contributed by atoms with Gasteiger partial charge in [-0.05, 0) is 47.8 Å². The molecule has 0 atom stereocenters. The highest BCUT2D eigenvalue weighted by Gasteiger charge is 2.30. The maximum Gasteiger partial charge on any atom is 0.278 e. The van der Waals surface area contributed by atoms with Crippen LogP contribution in [0.2, 0.25) is 0 Å². The molecule has 3 rings (SSSR count). The fourth-order valence-corrected chi connectivity index (χ4v) is 2.46. The van der Waals surface area contributed by atoms with E-state index in [0.29, 0.717) is 17.3 Å². The molecule has 0 bridgehead atoms. The summed E-state index contributed by atoms with van der Waals surface area (Å²) in [7, 11) is 0. The second kappa shape index (κ2) is 4.90. The van der Waals surface area contributed by atoms with E-state index in [4.69, 9.17) is 5.73 Å². The van der Waals surface area contributed by atoms with E-state index in [0.717, 1.165) is 28.8 Å². The predicted octanol–water partition coefficient (Wildman–Crippen LogP) is 2.59. The summed E-state index contributed by atoms with van der Waals surface area (Å²) >= 11 is 3.28. The molecular formula is C13H14BrN5O. The number of anilines is 2. The fraction of sp³-hybridized carbons (Fsp3) is 0.308. The molecule has 0 spiro atoms. The zero-order valence-corrected chi connectivity index (χ0v) is 12.5. The largest absolute Gasteiger partial charge is 0.395 e. The van der Waals surface area contributed by atoms with Gasteiger partial charge in [0.25, 0.3) is 5.91 Å². The van der Waals surface area contributed by atoms with Crippen molar-refractivity contribution < 1.29 is 4.79 Å². The first-order valence-electron chi connectivity index (χ1n) is 6.34. The summed E-state index contributed by atoms with van der Waals surface area (Å²) in [4.78, 5) is 16.4. The molecule has 104 valence electrons. The van der Waals surface area contributed by atoms with Crippen LogP contribution in [-0.2, 0) is 0 Å². The van der Waals surface area contributed by atoms with E-state index in [1.807, 2.05) is 6.92 Å². The van der Waals surface area contributed by atoms with E-state index in [1.165, 1.54) is 0 Å². The molecule has 1 aliphatic carbocycles. The molecule has 0 aromatic carbocycles. The number of nitrogens with two attached hydrogens (primary N) is 1. The SMILES string of the molecule is Cc1nc(Br)ccc1NC(=O)c1n[nH]c(C2CC2)c1N. The quantitative estimate of drug-likeness (QED) is 0.751. The monoisotopic (exact) mass is 335 g/mol. The molecule has 1 fully saturated rings. The molecule has 1 saturated carbocycles. The van der Waals surface area contributed by atoms with E-state index in [9.17, 15) is 4.79 Å². The first kappa shape index (κ1) is 13.1. The van der Waals surface area contributed by atoms with Gasteiger partial charge in [-0.3, -0.25) is 9.89 Å². The fourth-order valence-electron chi connectivity index (χ4n) is 2.06. The molecule has 4 N–H and O–H groups in total. The van der Waals surface area contributed by atoms with E-state index in [-0.39, 0.29) is 11.6 Å². The van der Waals surface area contributed by atoms with Crippen molar-refractivity contribution in [2.45, 2.75) is 25.7 Å². The van der Waals surface area contributed by atoms with Gasteiger partial charge in [-0.1, -0.05) is 0 Å². The Morgan fingerprint density at radius 3 is 2.90 bits per heavy atom. The summed E-state index contributed by atoms with van der Waals surface area (Å²) in [5, 5.41) is 9.68. The number of aromatic nitrogens is 3. The first-order valence-corrected chi connectivity index (χ1v) is 7.14. The molecule has 0 unspecified atom stereocenters. The third-order valence-corrected chi connectivity index (χ3v) is 3.78. The third-order valence-electron chi connectivity index (χ3n) is 3.33. The number of H-pyrrole nitrogens is 1. The van der Waals surface area contributed by atoms with Crippen molar-refractivity contribution in [3.63, 3.8) is 0 Å². The van der Waals surface area contributed by atoms with Crippen molar-refractivity contribution in [2.75, 3.05) is 11.1 Å². The van der Waals surface area contributed by atoms with Gasteiger partial charge in [-0.2, -0.15) is 5.10 Å². The Labute approximate surface area is 124 Å². The zero-order chi connectivity index (χ0) is 14.3. The first-order chi connectivity index (χ1) is 9.56. The standard InChI is InChI=1S/C13H14BrN5O/c1-6-8(4-5-9(14)16-6)17-13(20)12-10(15)11(18-19-12)7-2-3-7/h4-5,7H,2-3,15H2,1H3,(H,17,20)(H,18,19). The van der Waals surface area contributed by atoms with Crippen LogP contribution < -0.4 is 11.1 Å². The number of hydrogen-bond acceptors (Lipinski definition) is 4. The summed E-state index contributed by atoms with van der Waals surface area (Å²) in [5.41, 5.74) is 8.93. The summed E-state index contributed by atoms with van der Waals surface area (Å²) < 4.78 is 0.725. The van der Waals surface area contributed by atoms with Crippen LogP contribution in [0.25, 0.3) is 0 Å². The van der Waals surface area contributed by atoms with Crippen LogP contribution in [-0.4, -0.2) is 21.1 Å². The Morgan fingerprint density at radius 2 is 2.25 bits per heavy atom. The number of aryl methyl sites for hydroxylation is 1. The lowest BCUT2D eigenvalue weighted by Crippen LogP contribution is -2.15. The van der Waals surface area contributed by atoms with E-state index < -0.39 is 0 Å². The van der Waals surface area contributed by atoms with Crippen LogP contribution in [0.4, 0.5) is 11.4 Å². The number of halogens is 1. The molecule has 0 radical (unpaired) electrons. The summed E-state index contributed by atoms with van der Waals surface area (Å²) in [6, 6.07) is 3.56. The van der Waals surface area contributed by atoms with Gasteiger partial charge in [0.05, 0.1) is 22.8 Å². The lowest BCUT2D eigenvalue weighted by Gasteiger charge is -2.07. The lowest BCUT2D eigenvalue weighted by molar-refractivity contribution is 0.102. The van der Waals surface area contributed by atoms with Crippen molar-refractivity contribution in [1.82, 2.24) is 15.2 Å². The van der Waals surface area contributed by atoms with Gasteiger partial charge in [0.15, 0.2) is 5.69 Å². The number of aromatic amines is 1. The van der Waals surface area contributed by atoms with Gasteiger partial charge in [0, 0.05) is 5.92 Å². The van der Waals surface area contributed by atoms with Crippen LogP contribution in [0.1, 0.15) is 40.6 Å². The summed E-state index contributed by atoms with van der Waals surface area (Å²) in [5.74, 6) is 0.109. The molecule has 2 aromatic rings. The Kier molecular flexibility index (Phi) is 3.21. The normalized spacial score (nSPS) is 14.3. The van der Waals surface area contributed by atoms with Gasteiger partial charge in [-0.15, -0.1) is 0 Å². The molecule has 7 heteroatoms. The Morgan fingerprint density at radius 1 is 1.50 bits per heavy atom. The van der Waals surface area contributed by atoms with E-state index in [2.05, 4.69) is 36.4 Å². The second-order valence-corrected chi connectivity index (χ2v) is 5.71. The van der Waals surface area contributed by atoms with Gasteiger partial charge >= 0.3 is 0 Å². The topological polar surface area (TPSA) is 96.7 Å². The van der Waals surface area contributed by atoms with Crippen molar-refractivity contribution in [1.29, 1.82) is 0 Å². The van der Waals surface area contributed by atoms with Crippen LogP contribution in [0.3, 0.4) is 0 Å². The van der Waals surface area contributed by atoms with E-state index >= 15 is 0 Å². The maximum absolute atomic E-state index is 12.2. The van der Waals surface area contributed by atoms with Crippen molar-refractivity contribution >= 4 is 33.2 Å². The molecule has 1 amide bonds. The van der Waals surface area contributed by atoms with Crippen molar-refractivity contribution in [3.8, 4) is 0 Å². The summed E-state index contributed by atoms with van der Waals surface area (Å²) in [6.07, 6.45) is 2.20. The number of pyridine rings is 1. The molecule has 0 aliphatic heterocycles. The number of nitrogen functional groups attached to an aromatic ring is 1. The average molecular weight is 336 g/mol.